The molecule has 0 amide bonds. The number of hydrogen-bond acceptors (Lipinski definition) is 4. The van der Waals surface area contributed by atoms with Gasteiger partial charge in [0.1, 0.15) is 12.1 Å². The number of aromatic nitrogens is 3. The minimum Gasteiger partial charge on any atom is -0.210 e. The summed E-state index contributed by atoms with van der Waals surface area (Å²) >= 11 is 0. The van der Waals surface area contributed by atoms with Crippen molar-refractivity contribution in [2.24, 2.45) is 0 Å². The van der Waals surface area contributed by atoms with E-state index in [1.54, 1.807) is 0 Å². The zero-order valence-electron chi connectivity index (χ0n) is 8.96. The van der Waals surface area contributed by atoms with E-state index in [2.05, 4.69) is 10.1 Å². The Morgan fingerprint density at radius 3 is 2.16 bits per heavy atom. The van der Waals surface area contributed by atoms with Crippen molar-refractivity contribution in [1.82, 2.24) is 14.2 Å². The van der Waals surface area contributed by atoms with E-state index in [-0.39, 0.29) is 4.09 Å². The Labute approximate surface area is 104 Å². The lowest BCUT2D eigenvalue weighted by atomic mass is 10.4. The van der Waals surface area contributed by atoms with Crippen molar-refractivity contribution in [3.8, 4) is 0 Å². The van der Waals surface area contributed by atoms with Crippen molar-refractivity contribution in [3.05, 3.63) is 42.2 Å². The highest BCUT2D eigenvalue weighted by Gasteiger charge is 2.37. The molecule has 0 atom stereocenters. The third kappa shape index (κ3) is 2.57. The van der Waals surface area contributed by atoms with Crippen LogP contribution in [0.1, 0.15) is 5.82 Å². The molecule has 1 aromatic carbocycles. The van der Waals surface area contributed by atoms with Gasteiger partial charge in [-0.2, -0.15) is 21.6 Å². The predicted molar refractivity (Wildman–Crippen MR) is 54.0 cm³/mol. The topological polar surface area (TPSA) is 64.8 Å². The fraction of sp³-hybridized carbons (Fsp3) is 0.111. The SMILES string of the molecule is O=S(=O)(c1ccc(F)cc1)n1cnc(C(F)(F)F)n1. The number of halogens is 4. The van der Waals surface area contributed by atoms with E-state index in [4.69, 9.17) is 0 Å². The Kier molecular flexibility index (Phi) is 3.04. The molecule has 0 aliphatic rings. The van der Waals surface area contributed by atoms with Gasteiger partial charge in [0.25, 0.3) is 15.8 Å². The molecule has 0 saturated carbocycles. The normalized spacial score (nSPS) is 12.6. The second-order valence-electron chi connectivity index (χ2n) is 3.40. The lowest BCUT2D eigenvalue weighted by Gasteiger charge is -2.03. The summed E-state index contributed by atoms with van der Waals surface area (Å²) in [4.78, 5) is 2.47. The summed E-state index contributed by atoms with van der Waals surface area (Å²) in [6, 6.07) is 3.57. The van der Waals surface area contributed by atoms with Crippen LogP contribution in [0.25, 0.3) is 0 Å². The molecule has 102 valence electrons. The van der Waals surface area contributed by atoms with Crippen LogP contribution in [0.3, 0.4) is 0 Å². The Bertz CT molecular complexity index is 691. The maximum absolute atomic E-state index is 12.7. The Morgan fingerprint density at radius 1 is 1.11 bits per heavy atom. The Morgan fingerprint density at radius 2 is 1.68 bits per heavy atom. The molecule has 2 rings (SSSR count). The lowest BCUT2D eigenvalue weighted by Crippen LogP contribution is -2.15. The summed E-state index contributed by atoms with van der Waals surface area (Å²) in [6.07, 6.45) is -4.41. The van der Waals surface area contributed by atoms with Gasteiger partial charge in [-0.1, -0.05) is 0 Å². The maximum Gasteiger partial charge on any atom is 0.453 e. The second-order valence-corrected chi connectivity index (χ2v) is 5.19. The summed E-state index contributed by atoms with van der Waals surface area (Å²) in [7, 11) is -4.32. The third-order valence-corrected chi connectivity index (χ3v) is 3.62. The highest BCUT2D eigenvalue weighted by atomic mass is 32.2. The minimum absolute atomic E-state index is 0.0864. The van der Waals surface area contributed by atoms with Gasteiger partial charge in [0.2, 0.25) is 0 Å². The van der Waals surface area contributed by atoms with Gasteiger partial charge in [0.15, 0.2) is 0 Å². The molecular weight excluding hydrogens is 290 g/mol. The fourth-order valence-electron chi connectivity index (χ4n) is 1.21. The molecule has 0 radical (unpaired) electrons. The highest BCUT2D eigenvalue weighted by Crippen LogP contribution is 2.26. The number of rotatable bonds is 2. The van der Waals surface area contributed by atoms with Crippen molar-refractivity contribution in [2.75, 3.05) is 0 Å². The van der Waals surface area contributed by atoms with Crippen molar-refractivity contribution in [1.29, 1.82) is 0 Å². The minimum atomic E-state index is -4.84. The number of hydrogen-bond donors (Lipinski definition) is 0. The number of alkyl halides is 3. The summed E-state index contributed by atoms with van der Waals surface area (Å²) in [6.45, 7) is 0. The first-order valence-corrected chi connectivity index (χ1v) is 6.15. The molecule has 0 fully saturated rings. The fourth-order valence-corrected chi connectivity index (χ4v) is 2.26. The first-order valence-electron chi connectivity index (χ1n) is 4.71. The van der Waals surface area contributed by atoms with Gasteiger partial charge < -0.3 is 0 Å². The largest absolute Gasteiger partial charge is 0.453 e. The molecule has 0 aliphatic heterocycles. The van der Waals surface area contributed by atoms with Gasteiger partial charge in [-0.3, -0.25) is 0 Å². The summed E-state index contributed by atoms with van der Waals surface area (Å²) < 4.78 is 73.2. The van der Waals surface area contributed by atoms with Gasteiger partial charge in [0, 0.05) is 0 Å². The van der Waals surface area contributed by atoms with Crippen molar-refractivity contribution in [2.45, 2.75) is 11.1 Å². The summed E-state index contributed by atoms with van der Waals surface area (Å²) in [5, 5.41) is 2.85. The third-order valence-electron chi connectivity index (χ3n) is 2.08. The van der Waals surface area contributed by atoms with E-state index in [1.807, 2.05) is 0 Å². The Hall–Kier alpha value is -1.97. The molecule has 0 unspecified atom stereocenters. The van der Waals surface area contributed by atoms with E-state index < -0.39 is 32.7 Å². The van der Waals surface area contributed by atoms with Gasteiger partial charge in [-0.05, 0) is 24.3 Å². The zero-order chi connectivity index (χ0) is 14.3. The van der Waals surface area contributed by atoms with Crippen LogP contribution in [0, 0.1) is 5.82 Å². The summed E-state index contributed by atoms with van der Waals surface area (Å²) in [5.41, 5.74) is 0. The second kappa shape index (κ2) is 4.30. The quantitative estimate of drug-likeness (QED) is 0.791. The van der Waals surface area contributed by atoms with Crippen LogP contribution in [0.2, 0.25) is 0 Å². The summed E-state index contributed by atoms with van der Waals surface area (Å²) in [5.74, 6) is -2.24. The molecule has 0 aliphatic carbocycles. The average Bonchev–Trinajstić information content (AvgIpc) is 2.79. The molecule has 10 heteroatoms. The lowest BCUT2D eigenvalue weighted by molar-refractivity contribution is -0.144. The van der Waals surface area contributed by atoms with E-state index in [0.717, 1.165) is 24.3 Å². The van der Waals surface area contributed by atoms with Gasteiger partial charge in [-0.25, -0.2) is 9.37 Å². The van der Waals surface area contributed by atoms with E-state index in [9.17, 15) is 26.0 Å². The van der Waals surface area contributed by atoms with E-state index in [1.165, 1.54) is 0 Å². The smallest absolute Gasteiger partial charge is 0.210 e. The van der Waals surface area contributed by atoms with Crippen LogP contribution in [-0.2, 0) is 16.2 Å². The average molecular weight is 295 g/mol. The molecule has 5 nitrogen and oxygen atoms in total. The molecule has 2 aromatic rings. The first-order chi connectivity index (χ1) is 8.71. The zero-order valence-corrected chi connectivity index (χ0v) is 9.78. The Balaban J connectivity index is 2.46. The number of benzene rings is 1. The van der Waals surface area contributed by atoms with Gasteiger partial charge >= 0.3 is 6.18 Å². The molecule has 1 heterocycles. The number of nitrogens with zero attached hydrogens (tertiary/aromatic N) is 3. The monoisotopic (exact) mass is 295 g/mol. The molecule has 19 heavy (non-hydrogen) atoms. The van der Waals surface area contributed by atoms with E-state index in [0.29, 0.717) is 6.33 Å². The van der Waals surface area contributed by atoms with Crippen LogP contribution in [0.15, 0.2) is 35.5 Å². The molecule has 1 aromatic heterocycles. The highest BCUT2D eigenvalue weighted by molar-refractivity contribution is 7.89. The van der Waals surface area contributed by atoms with Gasteiger partial charge in [0.05, 0.1) is 4.90 Å². The van der Waals surface area contributed by atoms with Gasteiger partial charge in [-0.15, -0.1) is 9.19 Å². The van der Waals surface area contributed by atoms with Crippen molar-refractivity contribution >= 4 is 10.0 Å². The molecule has 0 saturated heterocycles. The standard InChI is InChI=1S/C9H5F4N3O2S/c10-6-1-3-7(4-2-6)19(17,18)16-5-14-8(15-16)9(11,12)13/h1-5H. The van der Waals surface area contributed by atoms with E-state index >= 15 is 0 Å². The first kappa shape index (κ1) is 13.5. The van der Waals surface area contributed by atoms with Crippen LogP contribution in [0.4, 0.5) is 17.6 Å². The van der Waals surface area contributed by atoms with Crippen molar-refractivity contribution < 1.29 is 26.0 Å². The molecule has 0 spiro atoms. The predicted octanol–water partition coefficient (Wildman–Crippen LogP) is 1.67. The maximum atomic E-state index is 12.7. The molecule has 0 bridgehead atoms. The van der Waals surface area contributed by atoms with Crippen molar-refractivity contribution in [3.63, 3.8) is 0 Å². The van der Waals surface area contributed by atoms with Crippen LogP contribution in [-0.4, -0.2) is 22.6 Å². The van der Waals surface area contributed by atoms with Crippen LogP contribution in [0.5, 0.6) is 0 Å². The van der Waals surface area contributed by atoms with Crippen LogP contribution < -0.4 is 0 Å². The molecular formula is C9H5F4N3O2S. The molecule has 0 N–H and O–H groups in total. The van der Waals surface area contributed by atoms with Crippen LogP contribution >= 0.6 is 0 Å².